The van der Waals surface area contributed by atoms with E-state index in [1.54, 1.807) is 7.05 Å². The molecule has 1 rings (SSSR count). The number of hydrogen-bond acceptors (Lipinski definition) is 3. The average molecular weight is 298 g/mol. The summed E-state index contributed by atoms with van der Waals surface area (Å²) in [4.78, 5) is 0. The zero-order valence-electron chi connectivity index (χ0n) is 12.8. The maximum absolute atomic E-state index is 12.4. The van der Waals surface area contributed by atoms with Crippen LogP contribution in [0.5, 0.6) is 0 Å². The summed E-state index contributed by atoms with van der Waals surface area (Å²) >= 11 is 0. The maximum Gasteiger partial charge on any atom is 0.218 e. The lowest BCUT2D eigenvalue weighted by Gasteiger charge is -2.25. The van der Waals surface area contributed by atoms with E-state index in [1.165, 1.54) is 4.31 Å². The third-order valence-electron chi connectivity index (χ3n) is 3.45. The van der Waals surface area contributed by atoms with Gasteiger partial charge in [0.05, 0.1) is 5.75 Å². The first-order valence-electron chi connectivity index (χ1n) is 7.00. The fraction of sp³-hybridized carbons (Fsp3) is 0.600. The molecule has 114 valence electrons. The minimum absolute atomic E-state index is 0.0118. The van der Waals surface area contributed by atoms with Crippen LogP contribution in [-0.4, -0.2) is 25.8 Å². The van der Waals surface area contributed by atoms with E-state index in [0.29, 0.717) is 12.5 Å². The van der Waals surface area contributed by atoms with E-state index in [9.17, 15) is 8.42 Å². The molecule has 0 amide bonds. The second kappa shape index (κ2) is 7.20. The van der Waals surface area contributed by atoms with Gasteiger partial charge in [-0.2, -0.15) is 0 Å². The second-order valence-corrected chi connectivity index (χ2v) is 7.80. The molecule has 0 aliphatic rings. The van der Waals surface area contributed by atoms with Crippen LogP contribution in [0.2, 0.25) is 0 Å². The normalized spacial score (nSPS) is 13.9. The molecule has 5 heteroatoms. The van der Waals surface area contributed by atoms with E-state index < -0.39 is 10.0 Å². The van der Waals surface area contributed by atoms with Crippen LogP contribution in [0, 0.1) is 5.92 Å². The highest BCUT2D eigenvalue weighted by Gasteiger charge is 2.24. The van der Waals surface area contributed by atoms with Crippen molar-refractivity contribution in [3.05, 3.63) is 35.4 Å². The van der Waals surface area contributed by atoms with Crippen molar-refractivity contribution in [3.8, 4) is 0 Å². The Balaban J connectivity index is 2.83. The van der Waals surface area contributed by atoms with Gasteiger partial charge in [0, 0.05) is 19.6 Å². The summed E-state index contributed by atoms with van der Waals surface area (Å²) in [6.07, 6.45) is 0.860. The van der Waals surface area contributed by atoms with Crippen molar-refractivity contribution in [1.82, 2.24) is 4.31 Å². The summed E-state index contributed by atoms with van der Waals surface area (Å²) in [6, 6.07) is 7.46. The molecule has 1 unspecified atom stereocenters. The van der Waals surface area contributed by atoms with E-state index in [0.717, 1.165) is 17.5 Å². The number of benzene rings is 1. The Labute approximate surface area is 123 Å². The van der Waals surface area contributed by atoms with Crippen molar-refractivity contribution in [3.63, 3.8) is 0 Å². The molecular weight excluding hydrogens is 272 g/mol. The van der Waals surface area contributed by atoms with Crippen LogP contribution in [0.1, 0.15) is 38.3 Å². The Kier molecular flexibility index (Phi) is 6.17. The Morgan fingerprint density at radius 1 is 1.20 bits per heavy atom. The van der Waals surface area contributed by atoms with Crippen molar-refractivity contribution in [1.29, 1.82) is 0 Å². The van der Waals surface area contributed by atoms with Gasteiger partial charge in [0.25, 0.3) is 0 Å². The van der Waals surface area contributed by atoms with Crippen LogP contribution in [0.15, 0.2) is 24.3 Å². The highest BCUT2D eigenvalue weighted by atomic mass is 32.2. The Morgan fingerprint density at radius 2 is 1.80 bits per heavy atom. The Morgan fingerprint density at radius 3 is 2.35 bits per heavy atom. The third-order valence-corrected chi connectivity index (χ3v) is 5.38. The van der Waals surface area contributed by atoms with Gasteiger partial charge in [-0.25, -0.2) is 12.7 Å². The predicted molar refractivity (Wildman–Crippen MR) is 83.6 cm³/mol. The van der Waals surface area contributed by atoms with Gasteiger partial charge in [-0.3, -0.25) is 0 Å². The summed E-state index contributed by atoms with van der Waals surface area (Å²) in [7, 11) is -1.63. The zero-order chi connectivity index (χ0) is 15.3. The van der Waals surface area contributed by atoms with Gasteiger partial charge in [-0.05, 0) is 30.4 Å². The van der Waals surface area contributed by atoms with E-state index >= 15 is 0 Å². The monoisotopic (exact) mass is 298 g/mol. The molecule has 0 heterocycles. The molecule has 0 saturated carbocycles. The first kappa shape index (κ1) is 17.1. The molecule has 0 spiro atoms. The van der Waals surface area contributed by atoms with Crippen molar-refractivity contribution in [2.75, 3.05) is 7.05 Å². The lowest BCUT2D eigenvalue weighted by atomic mass is 10.1. The van der Waals surface area contributed by atoms with E-state index in [4.69, 9.17) is 5.73 Å². The highest BCUT2D eigenvalue weighted by molar-refractivity contribution is 7.88. The van der Waals surface area contributed by atoms with Gasteiger partial charge in [0.1, 0.15) is 0 Å². The van der Waals surface area contributed by atoms with E-state index in [-0.39, 0.29) is 11.8 Å². The summed E-state index contributed by atoms with van der Waals surface area (Å²) in [6.45, 7) is 6.57. The summed E-state index contributed by atoms with van der Waals surface area (Å²) in [5.74, 6) is 0.503. The molecule has 4 nitrogen and oxygen atoms in total. The summed E-state index contributed by atoms with van der Waals surface area (Å²) in [5.41, 5.74) is 7.33. The number of sulfonamides is 1. The minimum Gasteiger partial charge on any atom is -0.326 e. The topological polar surface area (TPSA) is 63.4 Å². The molecule has 0 aliphatic heterocycles. The number of rotatable bonds is 7. The first-order chi connectivity index (χ1) is 9.26. The van der Waals surface area contributed by atoms with Crippen molar-refractivity contribution < 1.29 is 8.42 Å². The fourth-order valence-corrected chi connectivity index (χ4v) is 3.70. The fourth-order valence-electron chi connectivity index (χ4n) is 2.26. The predicted octanol–water partition coefficient (Wildman–Crippen LogP) is 2.34. The molecule has 0 bridgehead atoms. The summed E-state index contributed by atoms with van der Waals surface area (Å²) in [5, 5.41) is 0. The van der Waals surface area contributed by atoms with Gasteiger partial charge in [0.15, 0.2) is 0 Å². The first-order valence-corrected chi connectivity index (χ1v) is 8.60. The Bertz CT molecular complexity index is 526. The Hall–Kier alpha value is -0.910. The van der Waals surface area contributed by atoms with Crippen molar-refractivity contribution in [2.45, 2.75) is 45.5 Å². The summed E-state index contributed by atoms with van der Waals surface area (Å²) < 4.78 is 26.3. The van der Waals surface area contributed by atoms with Crippen LogP contribution in [0.25, 0.3) is 0 Å². The third kappa shape index (κ3) is 4.89. The molecule has 0 fully saturated rings. The number of nitrogens with two attached hydrogens (primary N) is 1. The molecule has 2 N–H and O–H groups in total. The standard InChI is InChI=1S/C15H26N2O2S/c1-12(2)8-13(3)17(4)20(18,19)11-15-7-5-6-14(9-15)10-16/h5-7,9,12-13H,8,10-11,16H2,1-4H3. The number of nitrogens with zero attached hydrogens (tertiary/aromatic N) is 1. The van der Waals surface area contributed by atoms with Gasteiger partial charge >= 0.3 is 0 Å². The van der Waals surface area contributed by atoms with E-state index in [2.05, 4.69) is 13.8 Å². The van der Waals surface area contributed by atoms with Crippen molar-refractivity contribution >= 4 is 10.0 Å². The van der Waals surface area contributed by atoms with Gasteiger partial charge in [0.2, 0.25) is 10.0 Å². The maximum atomic E-state index is 12.4. The van der Waals surface area contributed by atoms with Crippen LogP contribution in [0.4, 0.5) is 0 Å². The molecule has 0 aliphatic carbocycles. The number of hydrogen-bond donors (Lipinski definition) is 1. The van der Waals surface area contributed by atoms with E-state index in [1.807, 2.05) is 31.2 Å². The van der Waals surface area contributed by atoms with Gasteiger partial charge < -0.3 is 5.73 Å². The molecule has 0 radical (unpaired) electrons. The molecule has 20 heavy (non-hydrogen) atoms. The largest absolute Gasteiger partial charge is 0.326 e. The lowest BCUT2D eigenvalue weighted by Crippen LogP contribution is -2.36. The SMILES string of the molecule is CC(C)CC(C)N(C)S(=O)(=O)Cc1cccc(CN)c1. The molecule has 0 saturated heterocycles. The molecule has 1 atom stereocenters. The molecular formula is C15H26N2O2S. The smallest absolute Gasteiger partial charge is 0.218 e. The average Bonchev–Trinajstić information content (AvgIpc) is 2.36. The van der Waals surface area contributed by atoms with Crippen LogP contribution < -0.4 is 5.73 Å². The van der Waals surface area contributed by atoms with Crippen LogP contribution >= 0.6 is 0 Å². The molecule has 0 aromatic heterocycles. The molecule has 1 aromatic carbocycles. The van der Waals surface area contributed by atoms with Gasteiger partial charge in [-0.15, -0.1) is 0 Å². The quantitative estimate of drug-likeness (QED) is 0.840. The van der Waals surface area contributed by atoms with Gasteiger partial charge in [-0.1, -0.05) is 38.1 Å². The molecule has 1 aromatic rings. The highest BCUT2D eigenvalue weighted by Crippen LogP contribution is 2.17. The minimum atomic E-state index is -3.29. The van der Waals surface area contributed by atoms with Crippen LogP contribution in [0.3, 0.4) is 0 Å². The van der Waals surface area contributed by atoms with Crippen LogP contribution in [-0.2, 0) is 22.3 Å². The van der Waals surface area contributed by atoms with Crippen molar-refractivity contribution in [2.24, 2.45) is 11.7 Å². The second-order valence-electron chi connectivity index (χ2n) is 5.78. The lowest BCUT2D eigenvalue weighted by molar-refractivity contribution is 0.337. The zero-order valence-corrected chi connectivity index (χ0v) is 13.7.